The summed E-state index contributed by atoms with van der Waals surface area (Å²) in [6, 6.07) is 18.6. The molecule has 0 bridgehead atoms. The molecule has 0 aliphatic heterocycles. The molecule has 0 aliphatic carbocycles. The Hall–Kier alpha value is -4.25. The Kier molecular flexibility index (Phi) is 11.2. The highest BCUT2D eigenvalue weighted by Gasteiger charge is 2.34. The summed E-state index contributed by atoms with van der Waals surface area (Å²) >= 11 is 0. The van der Waals surface area contributed by atoms with Crippen molar-refractivity contribution in [3.8, 4) is 17.2 Å². The van der Waals surface area contributed by atoms with Crippen LogP contribution in [0.2, 0.25) is 0 Å². The Labute approximate surface area is 248 Å². The summed E-state index contributed by atoms with van der Waals surface area (Å²) in [7, 11) is 0.212. The van der Waals surface area contributed by atoms with Gasteiger partial charge in [0.15, 0.2) is 0 Å². The molecule has 2 amide bonds. The number of carbonyl (C=O) groups is 2. The molecule has 0 saturated heterocycles. The van der Waals surface area contributed by atoms with Crippen LogP contribution < -0.4 is 23.8 Å². The molecule has 0 aromatic heterocycles. The predicted octanol–water partition coefficient (Wildman–Crippen LogP) is 4.24. The Balaban J connectivity index is 2.06. The average Bonchev–Trinajstić information content (AvgIpc) is 3.02. The fraction of sp³-hybridized carbons (Fsp3) is 0.355. The van der Waals surface area contributed by atoms with E-state index < -0.39 is 28.5 Å². The van der Waals surface area contributed by atoms with Crippen LogP contribution in [0.25, 0.3) is 0 Å². The normalized spacial score (nSPS) is 12.5. The molecule has 0 heterocycles. The molecular formula is C31H39N3O7S. The molecule has 0 aliphatic rings. The maximum atomic E-state index is 14.1. The summed E-state index contributed by atoms with van der Waals surface area (Å²) in [6.07, 6.45) is 0.715. The number of nitrogens with one attached hydrogen (secondary N) is 1. The van der Waals surface area contributed by atoms with Crippen LogP contribution in [0.15, 0.2) is 77.7 Å². The number of ether oxygens (including phenoxy) is 3. The van der Waals surface area contributed by atoms with Crippen molar-refractivity contribution in [2.75, 3.05) is 32.2 Å². The second kappa shape index (κ2) is 14.6. The largest absolute Gasteiger partial charge is 0.497 e. The fourth-order valence-corrected chi connectivity index (χ4v) is 5.62. The molecule has 10 nitrogen and oxygen atoms in total. The average molecular weight is 598 g/mol. The zero-order chi connectivity index (χ0) is 30.9. The van der Waals surface area contributed by atoms with Gasteiger partial charge in [0, 0.05) is 12.6 Å². The Morgan fingerprint density at radius 2 is 1.40 bits per heavy atom. The van der Waals surface area contributed by atoms with Crippen LogP contribution in [-0.4, -0.2) is 65.1 Å². The second-order valence-electron chi connectivity index (χ2n) is 9.72. The lowest BCUT2D eigenvalue weighted by Gasteiger charge is -2.32. The monoisotopic (exact) mass is 597 g/mol. The highest BCUT2D eigenvalue weighted by Crippen LogP contribution is 2.33. The lowest BCUT2D eigenvalue weighted by molar-refractivity contribution is -0.139. The second-order valence-corrected chi connectivity index (χ2v) is 11.6. The minimum Gasteiger partial charge on any atom is -0.497 e. The third-order valence-corrected chi connectivity index (χ3v) is 8.73. The van der Waals surface area contributed by atoms with E-state index in [1.54, 1.807) is 62.6 Å². The number of para-hydroxylation sites is 2. The van der Waals surface area contributed by atoms with Gasteiger partial charge in [-0.2, -0.15) is 0 Å². The van der Waals surface area contributed by atoms with E-state index in [-0.39, 0.29) is 34.8 Å². The molecule has 2 atom stereocenters. The van der Waals surface area contributed by atoms with Crippen molar-refractivity contribution in [3.63, 3.8) is 0 Å². The van der Waals surface area contributed by atoms with Crippen molar-refractivity contribution >= 4 is 27.5 Å². The van der Waals surface area contributed by atoms with Gasteiger partial charge in [-0.1, -0.05) is 31.2 Å². The van der Waals surface area contributed by atoms with Gasteiger partial charge in [0.05, 0.1) is 31.9 Å². The quantitative estimate of drug-likeness (QED) is 0.296. The van der Waals surface area contributed by atoms with Crippen LogP contribution in [-0.2, 0) is 26.2 Å². The first-order chi connectivity index (χ1) is 20.0. The molecule has 1 N–H and O–H groups in total. The lowest BCUT2D eigenvalue weighted by atomic mass is 10.1. The summed E-state index contributed by atoms with van der Waals surface area (Å²) in [5.74, 6) is 0.494. The zero-order valence-electron chi connectivity index (χ0n) is 24.9. The molecular weight excluding hydrogens is 558 g/mol. The molecule has 2 unspecified atom stereocenters. The Morgan fingerprint density at radius 1 is 0.833 bits per heavy atom. The first-order valence-corrected chi connectivity index (χ1v) is 15.0. The van der Waals surface area contributed by atoms with Crippen LogP contribution in [0.3, 0.4) is 0 Å². The van der Waals surface area contributed by atoms with E-state index in [1.165, 1.54) is 43.4 Å². The first kappa shape index (κ1) is 32.3. The van der Waals surface area contributed by atoms with E-state index in [0.29, 0.717) is 17.9 Å². The van der Waals surface area contributed by atoms with Gasteiger partial charge in [-0.3, -0.25) is 13.9 Å². The maximum absolute atomic E-state index is 14.1. The molecule has 226 valence electrons. The standard InChI is InChI=1S/C31H39N3O7S/c1-7-22(2)32-31(36)23(3)33(20-24-12-14-25(39-4)15-13-24)30(35)21-34(28-10-8-9-11-29(28)41-6)42(37,38)27-18-16-26(40-5)17-19-27/h8-19,22-23H,7,20-21H2,1-6H3,(H,32,36). The molecule has 11 heteroatoms. The van der Waals surface area contributed by atoms with Gasteiger partial charge < -0.3 is 24.4 Å². The van der Waals surface area contributed by atoms with E-state index in [1.807, 2.05) is 13.8 Å². The molecule has 3 rings (SSSR count). The summed E-state index contributed by atoms with van der Waals surface area (Å²) in [5.41, 5.74) is 0.930. The number of methoxy groups -OCH3 is 3. The van der Waals surface area contributed by atoms with E-state index in [2.05, 4.69) is 5.32 Å². The topological polar surface area (TPSA) is 114 Å². The Bertz CT molecular complexity index is 1440. The summed E-state index contributed by atoms with van der Waals surface area (Å²) in [4.78, 5) is 28.6. The predicted molar refractivity (Wildman–Crippen MR) is 161 cm³/mol. The molecule has 3 aromatic carbocycles. The third kappa shape index (κ3) is 7.73. The minimum atomic E-state index is -4.26. The molecule has 0 radical (unpaired) electrons. The number of hydrogen-bond acceptors (Lipinski definition) is 7. The van der Waals surface area contributed by atoms with Crippen molar-refractivity contribution in [1.29, 1.82) is 0 Å². The third-order valence-electron chi connectivity index (χ3n) is 6.96. The Morgan fingerprint density at radius 3 is 1.95 bits per heavy atom. The van der Waals surface area contributed by atoms with Crippen LogP contribution in [0, 0.1) is 0 Å². The van der Waals surface area contributed by atoms with Gasteiger partial charge in [-0.25, -0.2) is 8.42 Å². The number of anilines is 1. The van der Waals surface area contributed by atoms with Crippen molar-refractivity contribution in [3.05, 3.63) is 78.4 Å². The molecule has 0 saturated carbocycles. The number of carbonyl (C=O) groups excluding carboxylic acids is 2. The molecule has 0 fully saturated rings. The summed E-state index contributed by atoms with van der Waals surface area (Å²) < 4.78 is 45.0. The van der Waals surface area contributed by atoms with E-state index in [9.17, 15) is 18.0 Å². The van der Waals surface area contributed by atoms with E-state index >= 15 is 0 Å². The fourth-order valence-electron chi connectivity index (χ4n) is 4.20. The van der Waals surface area contributed by atoms with Gasteiger partial charge in [0.1, 0.15) is 29.8 Å². The number of amides is 2. The van der Waals surface area contributed by atoms with Crippen LogP contribution in [0.5, 0.6) is 17.2 Å². The van der Waals surface area contributed by atoms with Gasteiger partial charge >= 0.3 is 0 Å². The van der Waals surface area contributed by atoms with E-state index in [4.69, 9.17) is 14.2 Å². The highest BCUT2D eigenvalue weighted by molar-refractivity contribution is 7.92. The smallest absolute Gasteiger partial charge is 0.264 e. The van der Waals surface area contributed by atoms with Crippen molar-refractivity contribution in [2.45, 2.75) is 50.7 Å². The van der Waals surface area contributed by atoms with E-state index in [0.717, 1.165) is 9.87 Å². The lowest BCUT2D eigenvalue weighted by Crippen LogP contribution is -2.52. The van der Waals surface area contributed by atoms with Gasteiger partial charge in [-0.15, -0.1) is 0 Å². The maximum Gasteiger partial charge on any atom is 0.264 e. The first-order valence-electron chi connectivity index (χ1n) is 13.6. The number of hydrogen-bond donors (Lipinski definition) is 1. The minimum absolute atomic E-state index is 0.0359. The van der Waals surface area contributed by atoms with Crippen molar-refractivity contribution in [2.24, 2.45) is 0 Å². The van der Waals surface area contributed by atoms with Crippen molar-refractivity contribution < 1.29 is 32.2 Å². The zero-order valence-corrected chi connectivity index (χ0v) is 25.7. The van der Waals surface area contributed by atoms with Crippen LogP contribution in [0.4, 0.5) is 5.69 Å². The summed E-state index contributed by atoms with van der Waals surface area (Å²) in [6.45, 7) is 4.95. The SMILES string of the molecule is CCC(C)NC(=O)C(C)N(Cc1ccc(OC)cc1)C(=O)CN(c1ccccc1OC)S(=O)(=O)c1ccc(OC)cc1. The molecule has 42 heavy (non-hydrogen) atoms. The molecule has 0 spiro atoms. The number of benzene rings is 3. The van der Waals surface area contributed by atoms with Gasteiger partial charge in [-0.05, 0) is 74.4 Å². The number of nitrogens with zero attached hydrogens (tertiary/aromatic N) is 2. The van der Waals surface area contributed by atoms with Crippen LogP contribution in [0.1, 0.15) is 32.8 Å². The van der Waals surface area contributed by atoms with Gasteiger partial charge in [0.25, 0.3) is 10.0 Å². The summed E-state index contributed by atoms with van der Waals surface area (Å²) in [5, 5.41) is 2.92. The van der Waals surface area contributed by atoms with Crippen molar-refractivity contribution in [1.82, 2.24) is 10.2 Å². The highest BCUT2D eigenvalue weighted by atomic mass is 32.2. The van der Waals surface area contributed by atoms with Gasteiger partial charge in [0.2, 0.25) is 11.8 Å². The van der Waals surface area contributed by atoms with Crippen LogP contribution >= 0.6 is 0 Å². The number of sulfonamides is 1. The molecule has 3 aromatic rings. The number of rotatable bonds is 14.